The van der Waals surface area contributed by atoms with Gasteiger partial charge in [0.1, 0.15) is 5.82 Å². The maximum Gasteiger partial charge on any atom is 0.222 e. The van der Waals surface area contributed by atoms with Crippen LogP contribution in [-0.4, -0.2) is 41.0 Å². The molecule has 1 heterocycles. The summed E-state index contributed by atoms with van der Waals surface area (Å²) in [5, 5.41) is 3.26. The molecule has 0 fully saturated rings. The van der Waals surface area contributed by atoms with Gasteiger partial charge in [-0.05, 0) is 40.8 Å². The van der Waals surface area contributed by atoms with Crippen molar-refractivity contribution >= 4 is 11.8 Å². The lowest BCUT2D eigenvalue weighted by Crippen LogP contribution is -2.28. The lowest BCUT2D eigenvalue weighted by Gasteiger charge is -2.20. The predicted molar refractivity (Wildman–Crippen MR) is 72.1 cm³/mol. The molecular formula is C12H23N5. The number of nitrogens with one attached hydrogen (secondary N) is 1. The summed E-state index contributed by atoms with van der Waals surface area (Å²) in [6.07, 6.45) is 1.08. The van der Waals surface area contributed by atoms with Crippen LogP contribution in [0.3, 0.4) is 0 Å². The summed E-state index contributed by atoms with van der Waals surface area (Å²) in [5.41, 5.74) is 6.47. The molecule has 96 valence electrons. The highest BCUT2D eigenvalue weighted by Crippen LogP contribution is 2.07. The quantitative estimate of drug-likeness (QED) is 0.734. The zero-order chi connectivity index (χ0) is 12.8. The lowest BCUT2D eigenvalue weighted by molar-refractivity contribution is 0.273. The minimum atomic E-state index is 0.326. The Morgan fingerprint density at radius 1 is 1.41 bits per heavy atom. The molecule has 0 aliphatic rings. The first-order valence-corrected chi connectivity index (χ1v) is 6.04. The van der Waals surface area contributed by atoms with Gasteiger partial charge in [-0.3, -0.25) is 0 Å². The number of nitrogens with zero attached hydrogens (tertiary/aromatic N) is 3. The van der Waals surface area contributed by atoms with Crippen LogP contribution < -0.4 is 11.1 Å². The molecule has 1 aromatic rings. The smallest absolute Gasteiger partial charge is 0.222 e. The lowest BCUT2D eigenvalue weighted by atomic mass is 10.3. The van der Waals surface area contributed by atoms with E-state index in [1.54, 1.807) is 0 Å². The van der Waals surface area contributed by atoms with Gasteiger partial charge in [-0.15, -0.1) is 0 Å². The molecule has 0 radical (unpaired) electrons. The summed E-state index contributed by atoms with van der Waals surface area (Å²) >= 11 is 0. The number of aromatic nitrogens is 2. The van der Waals surface area contributed by atoms with Crippen LogP contribution in [0, 0.1) is 6.92 Å². The Bertz CT molecular complexity index is 330. The molecule has 0 aliphatic carbocycles. The molecule has 17 heavy (non-hydrogen) atoms. The number of hydrogen-bond acceptors (Lipinski definition) is 5. The molecule has 0 saturated carbocycles. The Kier molecular flexibility index (Phi) is 5.15. The highest BCUT2D eigenvalue weighted by atomic mass is 15.1. The van der Waals surface area contributed by atoms with E-state index in [0.717, 1.165) is 31.0 Å². The highest BCUT2D eigenvalue weighted by Gasteiger charge is 2.02. The molecule has 0 saturated heterocycles. The van der Waals surface area contributed by atoms with Crippen molar-refractivity contribution in [1.29, 1.82) is 0 Å². The van der Waals surface area contributed by atoms with Crippen molar-refractivity contribution in [2.24, 2.45) is 0 Å². The van der Waals surface area contributed by atoms with E-state index >= 15 is 0 Å². The number of anilines is 2. The molecule has 0 bridgehead atoms. The van der Waals surface area contributed by atoms with Gasteiger partial charge in [-0.1, -0.05) is 0 Å². The third kappa shape index (κ3) is 4.99. The van der Waals surface area contributed by atoms with E-state index in [2.05, 4.69) is 41.1 Å². The Morgan fingerprint density at radius 3 is 2.71 bits per heavy atom. The molecule has 5 nitrogen and oxygen atoms in total. The molecule has 0 atom stereocenters. The fourth-order valence-electron chi connectivity index (χ4n) is 1.49. The van der Waals surface area contributed by atoms with Crippen LogP contribution in [0.25, 0.3) is 0 Å². The van der Waals surface area contributed by atoms with Gasteiger partial charge in [0.25, 0.3) is 0 Å². The van der Waals surface area contributed by atoms with Crippen LogP contribution >= 0.6 is 0 Å². The average Bonchev–Trinajstić information content (AvgIpc) is 2.22. The maximum absolute atomic E-state index is 5.58. The standard InChI is InChI=1S/C12H23N5/c1-9(2)17(4)7-5-6-14-11-8-10(3)15-12(13)16-11/h8-9H,5-7H2,1-4H3,(H3,13,14,15,16). The molecule has 1 rings (SSSR count). The Labute approximate surface area is 103 Å². The van der Waals surface area contributed by atoms with Gasteiger partial charge in [-0.25, -0.2) is 4.98 Å². The van der Waals surface area contributed by atoms with E-state index in [9.17, 15) is 0 Å². The maximum atomic E-state index is 5.58. The number of hydrogen-bond donors (Lipinski definition) is 2. The number of aryl methyl sites for hydroxylation is 1. The molecule has 3 N–H and O–H groups in total. The summed E-state index contributed by atoms with van der Waals surface area (Å²) in [5.74, 6) is 1.13. The second kappa shape index (κ2) is 6.39. The van der Waals surface area contributed by atoms with Crippen molar-refractivity contribution in [3.05, 3.63) is 11.8 Å². The number of nitrogen functional groups attached to an aromatic ring is 1. The van der Waals surface area contributed by atoms with Gasteiger partial charge in [-0.2, -0.15) is 4.98 Å². The third-order valence-corrected chi connectivity index (χ3v) is 2.75. The first-order valence-electron chi connectivity index (χ1n) is 6.04. The molecular weight excluding hydrogens is 214 g/mol. The van der Waals surface area contributed by atoms with Gasteiger partial charge in [0.2, 0.25) is 5.95 Å². The van der Waals surface area contributed by atoms with Crippen molar-refractivity contribution in [3.63, 3.8) is 0 Å². The molecule has 0 amide bonds. The molecule has 0 aliphatic heterocycles. The zero-order valence-electron chi connectivity index (χ0n) is 11.2. The van der Waals surface area contributed by atoms with E-state index in [-0.39, 0.29) is 0 Å². The van der Waals surface area contributed by atoms with E-state index < -0.39 is 0 Å². The fraction of sp³-hybridized carbons (Fsp3) is 0.667. The van der Waals surface area contributed by atoms with Crippen LogP contribution in [-0.2, 0) is 0 Å². The molecule has 0 unspecified atom stereocenters. The van der Waals surface area contributed by atoms with Crippen molar-refractivity contribution in [2.45, 2.75) is 33.2 Å². The third-order valence-electron chi connectivity index (χ3n) is 2.75. The summed E-state index contributed by atoms with van der Waals surface area (Å²) in [6.45, 7) is 8.27. The largest absolute Gasteiger partial charge is 0.370 e. The summed E-state index contributed by atoms with van der Waals surface area (Å²) in [6, 6.07) is 2.50. The first kappa shape index (κ1) is 13.7. The van der Waals surface area contributed by atoms with E-state index in [1.165, 1.54) is 0 Å². The molecule has 0 spiro atoms. The topological polar surface area (TPSA) is 67.1 Å². The van der Waals surface area contributed by atoms with Gasteiger partial charge >= 0.3 is 0 Å². The van der Waals surface area contributed by atoms with Gasteiger partial charge in [0.05, 0.1) is 0 Å². The minimum Gasteiger partial charge on any atom is -0.370 e. The Balaban J connectivity index is 2.31. The molecule has 0 aromatic carbocycles. The predicted octanol–water partition coefficient (Wildman–Crippen LogP) is 1.51. The monoisotopic (exact) mass is 237 g/mol. The summed E-state index contributed by atoms with van der Waals surface area (Å²) < 4.78 is 0. The van der Waals surface area contributed by atoms with Gasteiger partial charge in [0, 0.05) is 24.3 Å². The van der Waals surface area contributed by atoms with Crippen molar-refractivity contribution < 1.29 is 0 Å². The molecule has 5 heteroatoms. The van der Waals surface area contributed by atoms with E-state index in [0.29, 0.717) is 12.0 Å². The summed E-state index contributed by atoms with van der Waals surface area (Å²) in [7, 11) is 2.14. The van der Waals surface area contributed by atoms with Crippen LogP contribution in [0.4, 0.5) is 11.8 Å². The van der Waals surface area contributed by atoms with Crippen molar-refractivity contribution in [2.75, 3.05) is 31.2 Å². The van der Waals surface area contributed by atoms with Crippen molar-refractivity contribution in [1.82, 2.24) is 14.9 Å². The number of nitrogens with two attached hydrogens (primary N) is 1. The van der Waals surface area contributed by atoms with Crippen LogP contribution in [0.5, 0.6) is 0 Å². The van der Waals surface area contributed by atoms with Crippen LogP contribution in [0.1, 0.15) is 26.0 Å². The second-order valence-corrected chi connectivity index (χ2v) is 4.61. The fourth-order valence-corrected chi connectivity index (χ4v) is 1.49. The highest BCUT2D eigenvalue weighted by molar-refractivity contribution is 5.39. The SMILES string of the molecule is Cc1cc(NCCCN(C)C(C)C)nc(N)n1. The average molecular weight is 237 g/mol. The van der Waals surface area contributed by atoms with Gasteiger partial charge < -0.3 is 16.0 Å². The Morgan fingerprint density at radius 2 is 2.12 bits per heavy atom. The Hall–Kier alpha value is -1.36. The summed E-state index contributed by atoms with van der Waals surface area (Å²) in [4.78, 5) is 10.5. The molecule has 1 aromatic heterocycles. The van der Waals surface area contributed by atoms with Crippen molar-refractivity contribution in [3.8, 4) is 0 Å². The first-order chi connectivity index (χ1) is 7.99. The van der Waals surface area contributed by atoms with E-state index in [1.807, 2.05) is 13.0 Å². The zero-order valence-corrected chi connectivity index (χ0v) is 11.2. The second-order valence-electron chi connectivity index (χ2n) is 4.61. The van der Waals surface area contributed by atoms with Crippen LogP contribution in [0.15, 0.2) is 6.07 Å². The van der Waals surface area contributed by atoms with E-state index in [4.69, 9.17) is 5.73 Å². The number of rotatable bonds is 6. The normalized spacial score (nSPS) is 11.2. The van der Waals surface area contributed by atoms with Gasteiger partial charge in [0.15, 0.2) is 0 Å². The van der Waals surface area contributed by atoms with Crippen LogP contribution in [0.2, 0.25) is 0 Å². The minimum absolute atomic E-state index is 0.326.